The monoisotopic (exact) mass is 650 g/mol. The maximum atomic E-state index is 13.1. The van der Waals surface area contributed by atoms with Crippen LogP contribution in [0.3, 0.4) is 0 Å². The van der Waals surface area contributed by atoms with Crippen LogP contribution in [-0.2, 0) is 16.9 Å². The summed E-state index contributed by atoms with van der Waals surface area (Å²) in [5.41, 5.74) is 5.75. The molecular formula is C42H34O7. The van der Waals surface area contributed by atoms with Crippen LogP contribution in [0.1, 0.15) is 51.3 Å². The van der Waals surface area contributed by atoms with Gasteiger partial charge in [0.25, 0.3) is 0 Å². The van der Waals surface area contributed by atoms with Crippen molar-refractivity contribution < 1.29 is 34.3 Å². The number of benzene rings is 6. The zero-order chi connectivity index (χ0) is 34.4. The maximum absolute atomic E-state index is 13.1. The summed E-state index contributed by atoms with van der Waals surface area (Å²) in [6.45, 7) is 4.17. The summed E-state index contributed by atoms with van der Waals surface area (Å²) in [6.07, 6.45) is 0. The van der Waals surface area contributed by atoms with E-state index in [0.29, 0.717) is 28.4 Å². The lowest BCUT2D eigenvalue weighted by Crippen LogP contribution is -2.19. The molecule has 0 heterocycles. The fourth-order valence-electron chi connectivity index (χ4n) is 5.72. The highest BCUT2D eigenvalue weighted by Gasteiger charge is 2.24. The van der Waals surface area contributed by atoms with Gasteiger partial charge in [-0.25, -0.2) is 14.5 Å². The van der Waals surface area contributed by atoms with Gasteiger partial charge in [-0.3, -0.25) is 5.26 Å². The Labute approximate surface area is 284 Å². The molecule has 0 atom stereocenters. The largest absolute Gasteiger partial charge is 0.478 e. The average molecular weight is 651 g/mol. The van der Waals surface area contributed by atoms with Crippen LogP contribution >= 0.6 is 0 Å². The number of hydrogen-bond acceptors (Lipinski definition) is 6. The number of carboxylic acids is 1. The van der Waals surface area contributed by atoms with Crippen molar-refractivity contribution in [2.45, 2.75) is 25.9 Å². The van der Waals surface area contributed by atoms with Crippen LogP contribution < -0.4 is 9.47 Å². The Bertz CT molecular complexity index is 2070. The number of carbonyl (C=O) groups excluding carboxylic acids is 1. The predicted octanol–water partition coefficient (Wildman–Crippen LogP) is 10.0. The molecule has 2 N–H and O–H groups in total. The molecule has 0 amide bonds. The molecule has 0 aliphatic rings. The Hall–Kier alpha value is -6.02. The van der Waals surface area contributed by atoms with E-state index in [-0.39, 0.29) is 17.7 Å². The van der Waals surface area contributed by atoms with Gasteiger partial charge in [0.05, 0.1) is 11.1 Å². The van der Waals surface area contributed by atoms with Gasteiger partial charge in [0.2, 0.25) is 0 Å². The smallest absolute Gasteiger partial charge is 0.344 e. The lowest BCUT2D eigenvalue weighted by Gasteiger charge is -2.26. The molecule has 0 aliphatic carbocycles. The summed E-state index contributed by atoms with van der Waals surface area (Å²) >= 11 is 0. The van der Waals surface area contributed by atoms with E-state index in [2.05, 4.69) is 18.7 Å². The number of hydrogen-bond donors (Lipinski definition) is 2. The fraction of sp³-hybridized carbons (Fsp3) is 0.0952. The number of carboxylic acid groups (broad SMARTS) is 1. The predicted molar refractivity (Wildman–Crippen MR) is 188 cm³/mol. The molecular weight excluding hydrogens is 616 g/mol. The third kappa shape index (κ3) is 7.44. The van der Waals surface area contributed by atoms with Crippen LogP contribution in [0.2, 0.25) is 0 Å². The van der Waals surface area contributed by atoms with E-state index in [0.717, 1.165) is 27.8 Å². The normalized spacial score (nSPS) is 11.2. The van der Waals surface area contributed by atoms with E-state index >= 15 is 0 Å². The average Bonchev–Trinajstić information content (AvgIpc) is 3.13. The second-order valence-corrected chi connectivity index (χ2v) is 12.1. The van der Waals surface area contributed by atoms with Gasteiger partial charge >= 0.3 is 11.9 Å². The first kappa shape index (κ1) is 32.9. The van der Waals surface area contributed by atoms with Crippen molar-refractivity contribution in [2.24, 2.45) is 0 Å². The second kappa shape index (κ2) is 14.4. The molecule has 0 spiro atoms. The van der Waals surface area contributed by atoms with Gasteiger partial charge in [-0.1, -0.05) is 111 Å². The first-order valence-electron chi connectivity index (χ1n) is 15.7. The fourth-order valence-corrected chi connectivity index (χ4v) is 5.72. The Morgan fingerprint density at radius 2 is 1.12 bits per heavy atom. The Kier molecular flexibility index (Phi) is 9.67. The molecule has 0 saturated heterocycles. The van der Waals surface area contributed by atoms with Crippen LogP contribution in [0.25, 0.3) is 22.3 Å². The zero-order valence-corrected chi connectivity index (χ0v) is 27.0. The number of aromatic carboxylic acids is 1. The molecule has 0 aromatic heterocycles. The van der Waals surface area contributed by atoms with E-state index in [1.807, 2.05) is 115 Å². The van der Waals surface area contributed by atoms with Crippen molar-refractivity contribution in [1.29, 1.82) is 0 Å². The molecule has 7 nitrogen and oxygen atoms in total. The van der Waals surface area contributed by atoms with Gasteiger partial charge in [-0.2, -0.15) is 0 Å². The van der Waals surface area contributed by atoms with E-state index < -0.39 is 17.4 Å². The highest BCUT2D eigenvalue weighted by atomic mass is 17.1. The molecule has 244 valence electrons. The van der Waals surface area contributed by atoms with E-state index in [4.69, 9.17) is 9.47 Å². The van der Waals surface area contributed by atoms with Crippen LogP contribution in [0.4, 0.5) is 0 Å². The van der Waals surface area contributed by atoms with Crippen molar-refractivity contribution in [1.82, 2.24) is 0 Å². The summed E-state index contributed by atoms with van der Waals surface area (Å²) in [5, 5.41) is 19.0. The van der Waals surface area contributed by atoms with Crippen LogP contribution in [0.5, 0.6) is 17.2 Å². The molecule has 0 saturated carbocycles. The van der Waals surface area contributed by atoms with Gasteiger partial charge < -0.3 is 14.6 Å². The molecule has 0 unspecified atom stereocenters. The minimum absolute atomic E-state index is 0.0202. The Balaban J connectivity index is 1.15. The molecule has 6 aromatic rings. The quantitative estimate of drug-likeness (QED) is 0.0623. The maximum Gasteiger partial charge on any atom is 0.344 e. The second-order valence-electron chi connectivity index (χ2n) is 12.1. The summed E-state index contributed by atoms with van der Waals surface area (Å²) < 4.78 is 11.8. The SMILES string of the molecule is CC(C)(c1ccc(OC(=O)c2ccc(-c3ccccc3)cc2C(=O)O)cc1)c1ccc(Oc2ccc(-c3ccccc3)cc2COO)cc1. The standard InChI is InChI=1S/C42H34O7/c1-42(2,33-15-19-35(20-16-33)48-39-24-14-30(25-32(39)27-47-46)28-9-5-3-6-10-28)34-17-21-36(22-18-34)49-41(45)37-23-13-31(26-38(37)40(43)44)29-11-7-4-8-12-29/h3-26,46H,27H2,1-2H3,(H,43,44). The molecule has 7 heteroatoms. The topological polar surface area (TPSA) is 102 Å². The van der Waals surface area contributed by atoms with Crippen LogP contribution in [-0.4, -0.2) is 22.3 Å². The minimum atomic E-state index is -1.21. The molecule has 0 radical (unpaired) electrons. The van der Waals surface area contributed by atoms with E-state index in [9.17, 15) is 20.0 Å². The van der Waals surface area contributed by atoms with Crippen molar-refractivity contribution >= 4 is 11.9 Å². The molecule has 6 aromatic carbocycles. The number of ether oxygens (including phenoxy) is 2. The molecule has 0 aliphatic heterocycles. The Morgan fingerprint density at radius 1 is 0.592 bits per heavy atom. The van der Waals surface area contributed by atoms with Crippen LogP contribution in [0.15, 0.2) is 146 Å². The molecule has 0 bridgehead atoms. The minimum Gasteiger partial charge on any atom is -0.478 e. The number of rotatable bonds is 11. The molecule has 6 rings (SSSR count). The van der Waals surface area contributed by atoms with Gasteiger partial charge in [0, 0.05) is 11.0 Å². The Morgan fingerprint density at radius 3 is 1.67 bits per heavy atom. The van der Waals surface area contributed by atoms with Gasteiger partial charge in [-0.15, -0.1) is 0 Å². The number of carbonyl (C=O) groups is 2. The highest BCUT2D eigenvalue weighted by molar-refractivity contribution is 6.04. The van der Waals surface area contributed by atoms with Crippen molar-refractivity contribution in [2.75, 3.05) is 0 Å². The first-order valence-corrected chi connectivity index (χ1v) is 15.7. The molecule has 0 fully saturated rings. The van der Waals surface area contributed by atoms with Crippen LogP contribution in [0, 0.1) is 0 Å². The third-order valence-electron chi connectivity index (χ3n) is 8.56. The highest BCUT2D eigenvalue weighted by Crippen LogP contribution is 2.36. The van der Waals surface area contributed by atoms with Gasteiger partial charge in [-0.05, 0) is 81.9 Å². The third-order valence-corrected chi connectivity index (χ3v) is 8.56. The van der Waals surface area contributed by atoms with Crippen molar-refractivity contribution in [3.8, 4) is 39.5 Å². The lowest BCUT2D eigenvalue weighted by molar-refractivity contribution is -0.253. The first-order chi connectivity index (χ1) is 23.7. The summed E-state index contributed by atoms with van der Waals surface area (Å²) in [5.74, 6) is -0.445. The zero-order valence-electron chi connectivity index (χ0n) is 27.0. The summed E-state index contributed by atoms with van der Waals surface area (Å²) in [7, 11) is 0. The summed E-state index contributed by atoms with van der Waals surface area (Å²) in [4.78, 5) is 29.6. The van der Waals surface area contributed by atoms with E-state index in [1.165, 1.54) is 12.1 Å². The van der Waals surface area contributed by atoms with Crippen molar-refractivity contribution in [3.63, 3.8) is 0 Å². The number of esters is 1. The van der Waals surface area contributed by atoms with E-state index in [1.54, 1.807) is 18.2 Å². The van der Waals surface area contributed by atoms with Gasteiger partial charge in [0.1, 0.15) is 23.9 Å². The van der Waals surface area contributed by atoms with Crippen molar-refractivity contribution in [3.05, 3.63) is 173 Å². The lowest BCUT2D eigenvalue weighted by atomic mass is 9.78. The van der Waals surface area contributed by atoms with Gasteiger partial charge in [0.15, 0.2) is 0 Å². The summed E-state index contributed by atoms with van der Waals surface area (Å²) in [6, 6.07) is 44.7. The molecule has 49 heavy (non-hydrogen) atoms.